The molecule has 176 valence electrons. The number of ether oxygens (including phenoxy) is 2. The van der Waals surface area contributed by atoms with E-state index in [0.29, 0.717) is 19.1 Å². The van der Waals surface area contributed by atoms with Crippen LogP contribution in [0.15, 0.2) is 36.8 Å². The first-order chi connectivity index (χ1) is 16.6. The van der Waals surface area contributed by atoms with Gasteiger partial charge in [0.1, 0.15) is 23.4 Å². The van der Waals surface area contributed by atoms with E-state index in [4.69, 9.17) is 19.4 Å². The van der Waals surface area contributed by atoms with E-state index in [2.05, 4.69) is 26.6 Å². The minimum atomic E-state index is 0.336. The number of aryl methyl sites for hydroxylation is 2. The second-order valence-electron chi connectivity index (χ2n) is 8.57. The van der Waals surface area contributed by atoms with E-state index in [1.54, 1.807) is 6.33 Å². The average molecular weight is 460 g/mol. The zero-order valence-corrected chi connectivity index (χ0v) is 19.8. The van der Waals surface area contributed by atoms with Crippen molar-refractivity contribution >= 4 is 16.7 Å². The van der Waals surface area contributed by atoms with Crippen molar-refractivity contribution in [2.45, 2.75) is 39.2 Å². The molecule has 9 heteroatoms. The quantitative estimate of drug-likeness (QED) is 0.446. The monoisotopic (exact) mass is 459 g/mol. The van der Waals surface area contributed by atoms with Gasteiger partial charge in [0.05, 0.1) is 6.61 Å². The molecule has 0 bridgehead atoms. The average Bonchev–Trinajstić information content (AvgIpc) is 3.27. The number of nitrogens with one attached hydrogen (secondary N) is 1. The fraction of sp³-hybridized carbons (Fsp3) is 0.400. The van der Waals surface area contributed by atoms with Gasteiger partial charge < -0.3 is 19.4 Å². The number of hydrogen-bond acceptors (Lipinski definition) is 8. The molecule has 1 aliphatic rings. The Morgan fingerprint density at radius 1 is 1.18 bits per heavy atom. The Hall–Kier alpha value is -3.59. The first-order valence-electron chi connectivity index (χ1n) is 11.7. The Kier molecular flexibility index (Phi) is 6.35. The van der Waals surface area contributed by atoms with Crippen molar-refractivity contribution in [3.8, 4) is 17.1 Å². The number of pyridine rings is 1. The zero-order chi connectivity index (χ0) is 23.5. The minimum Gasteiger partial charge on any atom is -0.494 e. The first kappa shape index (κ1) is 22.2. The number of anilines is 1. The van der Waals surface area contributed by atoms with Gasteiger partial charge in [-0.1, -0.05) is 12.1 Å². The molecule has 4 heterocycles. The van der Waals surface area contributed by atoms with Crippen LogP contribution >= 0.6 is 0 Å². The van der Waals surface area contributed by atoms with Crippen LogP contribution in [-0.2, 0) is 18.2 Å². The Morgan fingerprint density at radius 2 is 2.03 bits per heavy atom. The van der Waals surface area contributed by atoms with Gasteiger partial charge in [0.15, 0.2) is 11.6 Å². The van der Waals surface area contributed by atoms with Crippen LogP contribution in [0, 0.1) is 6.92 Å². The van der Waals surface area contributed by atoms with Crippen LogP contribution in [0.3, 0.4) is 0 Å². The molecule has 0 unspecified atom stereocenters. The second kappa shape index (κ2) is 9.72. The SMILES string of the molecule is CCOc1cc(-c2nncn2C)ccc1Cc1ncc2cc(C)nc(NC3CCOCC3)c2n1. The summed E-state index contributed by atoms with van der Waals surface area (Å²) < 4.78 is 13.4. The Balaban J connectivity index is 1.46. The van der Waals surface area contributed by atoms with E-state index in [1.807, 2.05) is 49.9 Å². The fourth-order valence-electron chi connectivity index (χ4n) is 4.28. The van der Waals surface area contributed by atoms with E-state index in [1.165, 1.54) is 0 Å². The van der Waals surface area contributed by atoms with Crippen LogP contribution in [0.4, 0.5) is 5.82 Å². The zero-order valence-electron chi connectivity index (χ0n) is 19.8. The van der Waals surface area contributed by atoms with Crippen molar-refractivity contribution in [2.24, 2.45) is 7.05 Å². The highest BCUT2D eigenvalue weighted by molar-refractivity contribution is 5.88. The molecule has 0 amide bonds. The summed E-state index contributed by atoms with van der Waals surface area (Å²) in [5.74, 6) is 3.13. The molecule has 0 spiro atoms. The van der Waals surface area contributed by atoms with Gasteiger partial charge in [-0.05, 0) is 38.8 Å². The molecule has 1 N–H and O–H groups in total. The molecule has 1 saturated heterocycles. The van der Waals surface area contributed by atoms with Crippen molar-refractivity contribution in [3.63, 3.8) is 0 Å². The molecule has 1 aromatic carbocycles. The third-order valence-corrected chi connectivity index (χ3v) is 5.99. The highest BCUT2D eigenvalue weighted by Gasteiger charge is 2.17. The van der Waals surface area contributed by atoms with Crippen molar-refractivity contribution in [3.05, 3.63) is 53.9 Å². The smallest absolute Gasteiger partial charge is 0.163 e. The largest absolute Gasteiger partial charge is 0.494 e. The fourth-order valence-corrected chi connectivity index (χ4v) is 4.28. The number of aromatic nitrogens is 6. The van der Waals surface area contributed by atoms with E-state index in [-0.39, 0.29) is 0 Å². The highest BCUT2D eigenvalue weighted by atomic mass is 16.5. The van der Waals surface area contributed by atoms with E-state index < -0.39 is 0 Å². The van der Waals surface area contributed by atoms with Gasteiger partial charge in [-0.25, -0.2) is 15.0 Å². The lowest BCUT2D eigenvalue weighted by atomic mass is 10.1. The van der Waals surface area contributed by atoms with Gasteiger partial charge in [-0.3, -0.25) is 0 Å². The second-order valence-corrected chi connectivity index (χ2v) is 8.57. The summed E-state index contributed by atoms with van der Waals surface area (Å²) in [5, 5.41) is 12.8. The maximum Gasteiger partial charge on any atom is 0.163 e. The maximum absolute atomic E-state index is 5.97. The van der Waals surface area contributed by atoms with Crippen molar-refractivity contribution in [2.75, 3.05) is 25.1 Å². The molecule has 4 aromatic rings. The molecule has 3 aromatic heterocycles. The summed E-state index contributed by atoms with van der Waals surface area (Å²) in [7, 11) is 1.92. The number of fused-ring (bicyclic) bond motifs is 1. The number of nitrogens with zero attached hydrogens (tertiary/aromatic N) is 6. The lowest BCUT2D eigenvalue weighted by Gasteiger charge is -2.24. The summed E-state index contributed by atoms with van der Waals surface area (Å²) in [4.78, 5) is 14.3. The third kappa shape index (κ3) is 4.70. The molecule has 0 saturated carbocycles. The summed E-state index contributed by atoms with van der Waals surface area (Å²) in [6.45, 7) is 6.08. The molecule has 0 atom stereocenters. The summed E-state index contributed by atoms with van der Waals surface area (Å²) in [6.07, 6.45) is 6.05. The molecule has 9 nitrogen and oxygen atoms in total. The van der Waals surface area contributed by atoms with Crippen LogP contribution in [0.5, 0.6) is 5.75 Å². The normalized spacial score (nSPS) is 14.4. The van der Waals surface area contributed by atoms with Crippen LogP contribution < -0.4 is 10.1 Å². The van der Waals surface area contributed by atoms with Gasteiger partial charge in [-0.2, -0.15) is 0 Å². The predicted octanol–water partition coefficient (Wildman–Crippen LogP) is 3.71. The third-order valence-electron chi connectivity index (χ3n) is 5.99. The minimum absolute atomic E-state index is 0.336. The molecular weight excluding hydrogens is 430 g/mol. The van der Waals surface area contributed by atoms with Gasteiger partial charge in [-0.15, -0.1) is 10.2 Å². The first-order valence-corrected chi connectivity index (χ1v) is 11.7. The highest BCUT2D eigenvalue weighted by Crippen LogP contribution is 2.29. The molecule has 0 radical (unpaired) electrons. The Labute approximate surface area is 198 Å². The molecule has 1 aliphatic heterocycles. The summed E-state index contributed by atoms with van der Waals surface area (Å²) in [6, 6.07) is 8.45. The topological polar surface area (TPSA) is 99.9 Å². The van der Waals surface area contributed by atoms with E-state index in [0.717, 1.165) is 77.0 Å². The number of benzene rings is 1. The van der Waals surface area contributed by atoms with Crippen LogP contribution in [0.2, 0.25) is 0 Å². The predicted molar refractivity (Wildman–Crippen MR) is 130 cm³/mol. The van der Waals surface area contributed by atoms with Crippen molar-refractivity contribution in [1.82, 2.24) is 29.7 Å². The summed E-state index contributed by atoms with van der Waals surface area (Å²) >= 11 is 0. The molecule has 34 heavy (non-hydrogen) atoms. The Bertz CT molecular complexity index is 1300. The standard InChI is InChI=1S/C25H29N7O2/c1-4-34-21-12-18(25-31-27-15-32(25)3)6-5-17(21)13-22-26-14-19-11-16(2)28-24(23(19)30-22)29-20-7-9-33-10-8-20/h5-6,11-12,14-15,20H,4,7-10,13H2,1-3H3,(H,28,29). The van der Waals surface area contributed by atoms with Crippen molar-refractivity contribution < 1.29 is 9.47 Å². The van der Waals surface area contributed by atoms with E-state index >= 15 is 0 Å². The Morgan fingerprint density at radius 3 is 2.79 bits per heavy atom. The van der Waals surface area contributed by atoms with E-state index in [9.17, 15) is 0 Å². The van der Waals surface area contributed by atoms with Gasteiger partial charge >= 0.3 is 0 Å². The van der Waals surface area contributed by atoms with Crippen molar-refractivity contribution in [1.29, 1.82) is 0 Å². The lowest BCUT2D eigenvalue weighted by Crippen LogP contribution is -2.28. The molecule has 1 fully saturated rings. The molecule has 0 aliphatic carbocycles. The van der Waals surface area contributed by atoms with Crippen LogP contribution in [0.25, 0.3) is 22.3 Å². The van der Waals surface area contributed by atoms with Crippen LogP contribution in [-0.4, -0.2) is 55.6 Å². The molecule has 5 rings (SSSR count). The van der Waals surface area contributed by atoms with Crippen LogP contribution in [0.1, 0.15) is 36.8 Å². The maximum atomic E-state index is 5.97. The number of rotatable bonds is 7. The van der Waals surface area contributed by atoms with Gasteiger partial charge in [0, 0.05) is 61.1 Å². The summed E-state index contributed by atoms with van der Waals surface area (Å²) in [5.41, 5.74) is 3.76. The lowest BCUT2D eigenvalue weighted by molar-refractivity contribution is 0.0904. The van der Waals surface area contributed by atoms with Gasteiger partial charge in [0.2, 0.25) is 0 Å². The van der Waals surface area contributed by atoms with Gasteiger partial charge in [0.25, 0.3) is 0 Å². The number of hydrogen-bond donors (Lipinski definition) is 1. The molecular formula is C25H29N7O2.